The van der Waals surface area contributed by atoms with Crippen molar-refractivity contribution in [1.29, 1.82) is 0 Å². The molecule has 0 aromatic rings. The molecule has 4 nitrogen and oxygen atoms in total. The maximum Gasteiger partial charge on any atom is 3.00 e. The van der Waals surface area contributed by atoms with Crippen LogP contribution >= 0.6 is 0 Å². The normalized spacial score (nSPS) is 8.29. The summed E-state index contributed by atoms with van der Waals surface area (Å²) < 4.78 is 34.1. The van der Waals surface area contributed by atoms with E-state index in [9.17, 15) is 0 Å². The summed E-state index contributed by atoms with van der Waals surface area (Å²) in [4.78, 5) is 0. The number of hydrogen-bond acceptors (Lipinski definition) is 4. The average molecular weight is 334 g/mol. The SMILES string of the molecule is O=S(=O)([O-])[O-].[Sm+3].[Sr+2]. The Labute approximate surface area is 111 Å². The predicted octanol–water partition coefficient (Wildman–Crippen LogP) is -1.72. The molecule has 0 rings (SSSR count). The molecule has 1 radical (unpaired) electrons. The average Bonchev–Trinajstić information content (AvgIpc) is 0.722. The van der Waals surface area contributed by atoms with Crippen molar-refractivity contribution in [3.8, 4) is 0 Å². The Balaban J connectivity index is -0.0000000800. The van der Waals surface area contributed by atoms with Crippen molar-refractivity contribution >= 4 is 55.9 Å². The minimum absolute atomic E-state index is 0. The van der Waals surface area contributed by atoms with Crippen LogP contribution in [-0.2, 0) is 10.4 Å². The minimum atomic E-state index is -5.17. The molecule has 0 aliphatic rings. The Hall–Kier alpha value is 2.69. The van der Waals surface area contributed by atoms with Gasteiger partial charge in [0.2, 0.25) is 0 Å². The first-order valence-electron chi connectivity index (χ1n) is 0.667. The molecule has 0 spiro atoms. The fourth-order valence-corrected chi connectivity index (χ4v) is 0. The predicted molar refractivity (Wildman–Crippen MR) is 16.2 cm³/mol. The van der Waals surface area contributed by atoms with Gasteiger partial charge in [-0.1, -0.05) is 0 Å². The molecule has 7 heavy (non-hydrogen) atoms. The largest absolute Gasteiger partial charge is 3.00 e. The van der Waals surface area contributed by atoms with E-state index >= 15 is 0 Å². The van der Waals surface area contributed by atoms with Crippen molar-refractivity contribution in [1.82, 2.24) is 0 Å². The molecule has 0 saturated heterocycles. The smallest absolute Gasteiger partial charge is 0.759 e. The molecule has 0 atom stereocenters. The Morgan fingerprint density at radius 1 is 1.14 bits per heavy atom. The Morgan fingerprint density at radius 2 is 1.14 bits per heavy atom. The summed E-state index contributed by atoms with van der Waals surface area (Å²) in [5.74, 6) is 0. The van der Waals surface area contributed by atoms with Crippen LogP contribution in [-0.4, -0.2) is 63.0 Å². The van der Waals surface area contributed by atoms with Crippen LogP contribution in [0, 0.1) is 40.4 Å². The van der Waals surface area contributed by atoms with Gasteiger partial charge in [0.05, 0.1) is 0 Å². The molecule has 0 aliphatic carbocycles. The second kappa shape index (κ2) is 6.80. The first kappa shape index (κ1) is 16.3. The van der Waals surface area contributed by atoms with Crippen molar-refractivity contribution in [2.45, 2.75) is 0 Å². The molecule has 7 heteroatoms. The van der Waals surface area contributed by atoms with Gasteiger partial charge in [0.1, 0.15) is 0 Å². The summed E-state index contributed by atoms with van der Waals surface area (Å²) in [6, 6.07) is 0. The van der Waals surface area contributed by atoms with Crippen molar-refractivity contribution < 1.29 is 57.9 Å². The second-order valence-electron chi connectivity index (χ2n) is 0.408. The van der Waals surface area contributed by atoms with Crippen LogP contribution in [0.2, 0.25) is 0 Å². The van der Waals surface area contributed by atoms with Crippen molar-refractivity contribution in [3.05, 3.63) is 0 Å². The summed E-state index contributed by atoms with van der Waals surface area (Å²) in [6.45, 7) is 0. The number of rotatable bonds is 0. The van der Waals surface area contributed by atoms with E-state index in [4.69, 9.17) is 17.5 Å². The van der Waals surface area contributed by atoms with Crippen molar-refractivity contribution in [3.63, 3.8) is 0 Å². The van der Waals surface area contributed by atoms with Gasteiger partial charge >= 0.3 is 85.9 Å². The van der Waals surface area contributed by atoms with E-state index in [1.807, 2.05) is 0 Å². The molecule has 35 valence electrons. The van der Waals surface area contributed by atoms with Crippen LogP contribution in [0.3, 0.4) is 0 Å². The van der Waals surface area contributed by atoms with E-state index in [1.54, 1.807) is 0 Å². The van der Waals surface area contributed by atoms with E-state index in [1.165, 1.54) is 0 Å². The third-order valence-electron chi connectivity index (χ3n) is 0. The summed E-state index contributed by atoms with van der Waals surface area (Å²) in [5, 5.41) is 0. The van der Waals surface area contributed by atoms with E-state index in [0.29, 0.717) is 0 Å². The first-order valence-corrected chi connectivity index (χ1v) is 2.00. The van der Waals surface area contributed by atoms with Crippen LogP contribution in [0.5, 0.6) is 0 Å². The molecule has 0 aliphatic heterocycles. The van der Waals surface area contributed by atoms with Gasteiger partial charge in [0.25, 0.3) is 0 Å². The third-order valence-corrected chi connectivity index (χ3v) is 0. The number of hydrogen-bond donors (Lipinski definition) is 0. The fraction of sp³-hybridized carbons (Fsp3) is 0. The molecule has 0 unspecified atom stereocenters. The van der Waals surface area contributed by atoms with E-state index in [-0.39, 0.29) is 85.9 Å². The van der Waals surface area contributed by atoms with Gasteiger partial charge < -0.3 is 9.11 Å². The molecule has 0 fully saturated rings. The maximum absolute atomic E-state index is 8.52. The van der Waals surface area contributed by atoms with Gasteiger partial charge in [-0.05, 0) is 0 Å². The Kier molecular flexibility index (Phi) is 15.9. The van der Waals surface area contributed by atoms with Crippen LogP contribution in [0.15, 0.2) is 0 Å². The third kappa shape index (κ3) is 53.8. The Bertz CT molecular complexity index is 94.9. The quantitative estimate of drug-likeness (QED) is 0.300. The fourth-order valence-electron chi connectivity index (χ4n) is 0. The molecule has 0 saturated carbocycles. The van der Waals surface area contributed by atoms with Crippen LogP contribution < -0.4 is 0 Å². The molecule has 0 N–H and O–H groups in total. The van der Waals surface area contributed by atoms with Crippen LogP contribution in [0.25, 0.3) is 0 Å². The summed E-state index contributed by atoms with van der Waals surface area (Å²) >= 11 is 0. The zero-order valence-electron chi connectivity index (χ0n) is 3.16. The van der Waals surface area contributed by atoms with Gasteiger partial charge in [-0.2, -0.15) is 0 Å². The Morgan fingerprint density at radius 3 is 1.14 bits per heavy atom. The molecular formula is O4SSmSr+3. The van der Waals surface area contributed by atoms with E-state index in [0.717, 1.165) is 0 Å². The second-order valence-corrected chi connectivity index (χ2v) is 1.22. The van der Waals surface area contributed by atoms with Gasteiger partial charge in [-0.15, -0.1) is 0 Å². The molecule has 0 heterocycles. The zero-order valence-corrected chi connectivity index (χ0v) is 10.1. The standard InChI is InChI=1S/H2O4S.Sm.Sr/c1-5(2,3)4;;/h(H2,1,2,3,4);;/q;+3;+2/p-2. The molecule has 0 bridgehead atoms. The summed E-state index contributed by atoms with van der Waals surface area (Å²) in [7, 11) is -5.17. The molecular weight excluding hydrogens is 334 g/mol. The molecule has 0 amide bonds. The maximum atomic E-state index is 8.52. The van der Waals surface area contributed by atoms with Gasteiger partial charge in [-0.25, -0.2) is 0 Å². The summed E-state index contributed by atoms with van der Waals surface area (Å²) in [5.41, 5.74) is 0. The van der Waals surface area contributed by atoms with Crippen LogP contribution in [0.4, 0.5) is 0 Å². The van der Waals surface area contributed by atoms with Gasteiger partial charge in [-0.3, -0.25) is 8.42 Å². The molecule has 0 aromatic carbocycles. The minimum Gasteiger partial charge on any atom is -0.759 e. The monoisotopic (exact) mass is 336 g/mol. The van der Waals surface area contributed by atoms with Gasteiger partial charge in [0, 0.05) is 10.4 Å². The van der Waals surface area contributed by atoms with Crippen molar-refractivity contribution in [2.24, 2.45) is 0 Å². The first-order chi connectivity index (χ1) is 2.00. The zero-order chi connectivity index (χ0) is 4.50. The van der Waals surface area contributed by atoms with Crippen LogP contribution in [0.1, 0.15) is 0 Å². The topological polar surface area (TPSA) is 80.3 Å². The summed E-state index contributed by atoms with van der Waals surface area (Å²) in [6.07, 6.45) is 0. The van der Waals surface area contributed by atoms with E-state index in [2.05, 4.69) is 0 Å². The van der Waals surface area contributed by atoms with Gasteiger partial charge in [0.15, 0.2) is 0 Å². The van der Waals surface area contributed by atoms with E-state index < -0.39 is 10.4 Å². The van der Waals surface area contributed by atoms with Crippen molar-refractivity contribution in [2.75, 3.05) is 0 Å². The molecule has 0 aromatic heterocycles.